The molecule has 0 aromatic carbocycles. The van der Waals surface area contributed by atoms with Crippen LogP contribution in [0.2, 0.25) is 0 Å². The summed E-state index contributed by atoms with van der Waals surface area (Å²) >= 11 is 0. The smallest absolute Gasteiger partial charge is 0.343 e. The SMILES string of the molecule is CNCc1cnc(N(CC(F)(F)F)C2CC2)cn1. The van der Waals surface area contributed by atoms with Crippen molar-refractivity contribution in [3.05, 3.63) is 18.1 Å². The second-order valence-electron chi connectivity index (χ2n) is 4.37. The summed E-state index contributed by atoms with van der Waals surface area (Å²) in [5, 5.41) is 2.91. The summed E-state index contributed by atoms with van der Waals surface area (Å²) in [5.74, 6) is 0.301. The quantitative estimate of drug-likeness (QED) is 0.875. The first kappa shape index (κ1) is 13.1. The third kappa shape index (κ3) is 3.56. The van der Waals surface area contributed by atoms with E-state index in [-0.39, 0.29) is 6.04 Å². The van der Waals surface area contributed by atoms with Gasteiger partial charge < -0.3 is 10.2 Å². The van der Waals surface area contributed by atoms with E-state index in [0.29, 0.717) is 18.1 Å². The Hall–Kier alpha value is -1.37. The number of nitrogens with one attached hydrogen (secondary N) is 1. The van der Waals surface area contributed by atoms with Crippen LogP contribution in [0.1, 0.15) is 18.5 Å². The zero-order chi connectivity index (χ0) is 13.2. The molecule has 1 fully saturated rings. The van der Waals surface area contributed by atoms with Crippen molar-refractivity contribution in [2.45, 2.75) is 31.6 Å². The van der Waals surface area contributed by atoms with Gasteiger partial charge in [-0.1, -0.05) is 0 Å². The van der Waals surface area contributed by atoms with Gasteiger partial charge in [0.05, 0.1) is 18.1 Å². The van der Waals surface area contributed by atoms with E-state index >= 15 is 0 Å². The molecule has 1 heterocycles. The Bertz CT molecular complexity index is 386. The fraction of sp³-hybridized carbons (Fsp3) is 0.636. The fourth-order valence-electron chi connectivity index (χ4n) is 1.75. The van der Waals surface area contributed by atoms with Crippen LogP contribution in [0.25, 0.3) is 0 Å². The van der Waals surface area contributed by atoms with E-state index in [4.69, 9.17) is 0 Å². The lowest BCUT2D eigenvalue weighted by molar-refractivity contribution is -0.120. The van der Waals surface area contributed by atoms with Gasteiger partial charge in [0, 0.05) is 12.6 Å². The second kappa shape index (κ2) is 5.09. The van der Waals surface area contributed by atoms with Crippen LogP contribution >= 0.6 is 0 Å². The Kier molecular flexibility index (Phi) is 3.70. The van der Waals surface area contributed by atoms with Crippen molar-refractivity contribution >= 4 is 5.82 Å². The number of rotatable bonds is 5. The molecule has 0 atom stereocenters. The van der Waals surface area contributed by atoms with Gasteiger partial charge in [-0.05, 0) is 19.9 Å². The van der Waals surface area contributed by atoms with Crippen molar-refractivity contribution in [1.29, 1.82) is 0 Å². The van der Waals surface area contributed by atoms with Crippen LogP contribution in [0.4, 0.5) is 19.0 Å². The summed E-state index contributed by atoms with van der Waals surface area (Å²) in [5.41, 5.74) is 0.712. The molecule has 0 radical (unpaired) electrons. The molecule has 1 aliphatic rings. The van der Waals surface area contributed by atoms with Crippen LogP contribution in [-0.2, 0) is 6.54 Å². The average molecular weight is 260 g/mol. The van der Waals surface area contributed by atoms with Gasteiger partial charge in [-0.3, -0.25) is 4.98 Å². The lowest BCUT2D eigenvalue weighted by atomic mass is 10.4. The van der Waals surface area contributed by atoms with Crippen LogP contribution < -0.4 is 10.2 Å². The van der Waals surface area contributed by atoms with Gasteiger partial charge in [0.25, 0.3) is 0 Å². The first-order valence-corrected chi connectivity index (χ1v) is 5.78. The van der Waals surface area contributed by atoms with Crippen molar-refractivity contribution in [1.82, 2.24) is 15.3 Å². The summed E-state index contributed by atoms with van der Waals surface area (Å²) in [4.78, 5) is 9.45. The minimum atomic E-state index is -4.21. The Morgan fingerprint density at radius 2 is 2.06 bits per heavy atom. The number of halogens is 3. The minimum Gasteiger partial charge on any atom is -0.343 e. The summed E-state index contributed by atoms with van der Waals surface area (Å²) in [6.07, 6.45) is 0.286. The van der Waals surface area contributed by atoms with Gasteiger partial charge in [0.1, 0.15) is 12.4 Å². The third-order valence-corrected chi connectivity index (χ3v) is 2.68. The molecule has 0 saturated heterocycles. The Labute approximate surface area is 103 Å². The topological polar surface area (TPSA) is 41.1 Å². The molecule has 0 bridgehead atoms. The standard InChI is InChI=1S/C11H15F3N4/c1-15-4-8-5-17-10(6-16-8)18(9-2-3-9)7-11(12,13)14/h5-6,9,15H,2-4,7H2,1H3. The molecule has 7 heteroatoms. The molecule has 4 nitrogen and oxygen atoms in total. The molecule has 0 aliphatic heterocycles. The monoisotopic (exact) mass is 260 g/mol. The first-order valence-electron chi connectivity index (χ1n) is 5.78. The maximum atomic E-state index is 12.5. The van der Waals surface area contributed by atoms with Gasteiger partial charge in [-0.25, -0.2) is 4.98 Å². The molecule has 0 unspecified atom stereocenters. The van der Waals surface area contributed by atoms with Gasteiger partial charge in [-0.2, -0.15) is 13.2 Å². The number of alkyl halides is 3. The largest absolute Gasteiger partial charge is 0.405 e. The van der Waals surface area contributed by atoms with Crippen LogP contribution in [0.15, 0.2) is 12.4 Å². The molecule has 100 valence electrons. The van der Waals surface area contributed by atoms with E-state index in [2.05, 4.69) is 15.3 Å². The van der Waals surface area contributed by atoms with Crippen LogP contribution in [0, 0.1) is 0 Å². The normalized spacial score (nSPS) is 15.8. The van der Waals surface area contributed by atoms with Gasteiger partial charge in [-0.15, -0.1) is 0 Å². The summed E-state index contributed by atoms with van der Waals surface area (Å²) < 4.78 is 37.4. The van der Waals surface area contributed by atoms with Gasteiger partial charge in [0.2, 0.25) is 0 Å². The van der Waals surface area contributed by atoms with Crippen LogP contribution in [-0.4, -0.2) is 35.8 Å². The van der Waals surface area contributed by atoms with E-state index in [1.807, 2.05) is 0 Å². The third-order valence-electron chi connectivity index (χ3n) is 2.68. The van der Waals surface area contributed by atoms with E-state index in [9.17, 15) is 13.2 Å². The predicted molar refractivity (Wildman–Crippen MR) is 61.2 cm³/mol. The highest BCUT2D eigenvalue weighted by molar-refractivity contribution is 5.39. The highest BCUT2D eigenvalue weighted by atomic mass is 19.4. The molecule has 0 amide bonds. The van der Waals surface area contributed by atoms with E-state index in [1.54, 1.807) is 7.05 Å². The molecule has 1 saturated carbocycles. The highest BCUT2D eigenvalue weighted by Crippen LogP contribution is 2.33. The fourth-order valence-corrected chi connectivity index (χ4v) is 1.75. The number of hydrogen-bond acceptors (Lipinski definition) is 4. The minimum absolute atomic E-state index is 0.0453. The number of hydrogen-bond donors (Lipinski definition) is 1. The number of anilines is 1. The van der Waals surface area contributed by atoms with E-state index in [1.165, 1.54) is 17.3 Å². The summed E-state index contributed by atoms with van der Waals surface area (Å²) in [6.45, 7) is -0.409. The lowest BCUT2D eigenvalue weighted by Gasteiger charge is -2.24. The molecule has 2 rings (SSSR count). The Morgan fingerprint density at radius 1 is 1.33 bits per heavy atom. The van der Waals surface area contributed by atoms with Crippen molar-refractivity contribution < 1.29 is 13.2 Å². The number of nitrogens with zero attached hydrogens (tertiary/aromatic N) is 3. The summed E-state index contributed by atoms with van der Waals surface area (Å²) in [7, 11) is 1.77. The van der Waals surface area contributed by atoms with Gasteiger partial charge in [0.15, 0.2) is 0 Å². The molecule has 1 aromatic rings. The second-order valence-corrected chi connectivity index (χ2v) is 4.37. The molecule has 1 N–H and O–H groups in total. The van der Waals surface area contributed by atoms with E-state index < -0.39 is 12.7 Å². The van der Waals surface area contributed by atoms with Crippen molar-refractivity contribution in [3.8, 4) is 0 Å². The van der Waals surface area contributed by atoms with Crippen LogP contribution in [0.3, 0.4) is 0 Å². The zero-order valence-corrected chi connectivity index (χ0v) is 10.0. The zero-order valence-electron chi connectivity index (χ0n) is 10.0. The maximum Gasteiger partial charge on any atom is 0.405 e. The molecule has 1 aromatic heterocycles. The number of aromatic nitrogens is 2. The molecule has 18 heavy (non-hydrogen) atoms. The molecule has 0 spiro atoms. The van der Waals surface area contributed by atoms with Gasteiger partial charge >= 0.3 is 6.18 Å². The lowest BCUT2D eigenvalue weighted by Crippen LogP contribution is -2.36. The first-order chi connectivity index (χ1) is 8.49. The molecular weight excluding hydrogens is 245 g/mol. The van der Waals surface area contributed by atoms with E-state index in [0.717, 1.165) is 12.8 Å². The maximum absolute atomic E-state index is 12.5. The Balaban J connectivity index is 2.10. The Morgan fingerprint density at radius 3 is 2.50 bits per heavy atom. The van der Waals surface area contributed by atoms with Crippen molar-refractivity contribution in [2.24, 2.45) is 0 Å². The van der Waals surface area contributed by atoms with Crippen molar-refractivity contribution in [3.63, 3.8) is 0 Å². The summed E-state index contributed by atoms with van der Waals surface area (Å²) in [6, 6.07) is -0.0453. The highest BCUT2D eigenvalue weighted by Gasteiger charge is 2.38. The molecule has 1 aliphatic carbocycles. The predicted octanol–water partition coefficient (Wildman–Crippen LogP) is 1.73. The van der Waals surface area contributed by atoms with Crippen LogP contribution in [0.5, 0.6) is 0 Å². The average Bonchev–Trinajstić information content (AvgIpc) is 3.10. The molecular formula is C11H15F3N4. The van der Waals surface area contributed by atoms with Crippen molar-refractivity contribution in [2.75, 3.05) is 18.5 Å².